The number of halogens is 4. The van der Waals surface area contributed by atoms with Gasteiger partial charge in [0.1, 0.15) is 11.5 Å². The van der Waals surface area contributed by atoms with Gasteiger partial charge in [0, 0.05) is 85.9 Å². The average molecular weight is 1310 g/mol. The molecule has 3 aromatic heterocycles. The average Bonchev–Trinajstić information content (AvgIpc) is 1.40. The Labute approximate surface area is 545 Å². The highest BCUT2D eigenvalue weighted by Crippen LogP contribution is 2.36. The summed E-state index contributed by atoms with van der Waals surface area (Å²) in [5.74, 6) is -0.451. The van der Waals surface area contributed by atoms with Crippen LogP contribution in [0, 0.1) is 0 Å². The number of nitrogens with two attached hydrogens (primary N) is 1. The molecule has 0 aliphatic heterocycles. The van der Waals surface area contributed by atoms with Crippen LogP contribution in [0.5, 0.6) is 11.5 Å². The van der Waals surface area contributed by atoms with Crippen molar-refractivity contribution in [2.24, 2.45) is 0 Å². The Bertz CT molecular complexity index is 4760. The molecule has 464 valence electrons. The Morgan fingerprint density at radius 2 is 0.837 bits per heavy atom. The number of fused-ring (bicyclic) bond motifs is 4. The lowest BCUT2D eigenvalue weighted by molar-refractivity contribution is 0.0519. The van der Waals surface area contributed by atoms with Gasteiger partial charge in [-0.2, -0.15) is 5.21 Å². The fourth-order valence-electron chi connectivity index (χ4n) is 9.63. The molecule has 0 fully saturated rings. The fourth-order valence-corrected chi connectivity index (χ4v) is 10.5. The topological polar surface area (TPSA) is 284 Å². The van der Waals surface area contributed by atoms with Crippen LogP contribution in [0.2, 0.25) is 20.1 Å². The molecule has 0 unspecified atom stereocenters. The summed E-state index contributed by atoms with van der Waals surface area (Å²) in [4.78, 5) is 35.2. The Morgan fingerprint density at radius 1 is 0.467 bits per heavy atom. The number of carbonyl (C=O) groups excluding carboxylic acids is 1. The van der Waals surface area contributed by atoms with Crippen molar-refractivity contribution in [1.29, 1.82) is 0 Å². The summed E-state index contributed by atoms with van der Waals surface area (Å²) in [6.07, 6.45) is 0. The maximum Gasteiger partial charge on any atom is 0.362 e. The van der Waals surface area contributed by atoms with Crippen LogP contribution in [0.15, 0.2) is 194 Å². The molecule has 0 saturated heterocycles. The number of nitrogens with one attached hydrogen (secondary N) is 4. The third-order valence-electron chi connectivity index (χ3n) is 14.2. The van der Waals surface area contributed by atoms with Crippen LogP contribution in [0.25, 0.3) is 43.1 Å². The number of ether oxygens (including phenoxy) is 3. The van der Waals surface area contributed by atoms with Gasteiger partial charge in [0.25, 0.3) is 0 Å². The standard InChI is InChI=1S/C23H21ClN4O3.C21H17ClN4O3.C13H9ClN4O2.C10H8ClN/c1-3-31-23(29)21-22(25-20-13-12-19(24)17-6-4-5-7-18(17)20)28(27-26-21)14-15-8-10-16(30-2)11-9-15;1-29-14-8-6-13(7-9-14)12-26-20(19(21(27)28)24-25-26)23-18-11-10-17(22)15-4-2-3-5-16(15)18;14-9-5-6-10(8-4-2-1-3-7(8)9)15-12-11(13(19)20)16-18-17-12;11-9-5-6-10(12)8-4-2-1-3-7(8)9/h4-13,25H,3,14H2,1-2H3;2-11,23H,12H2,1H3,(H,27,28);1-6H,(H,19,20)(H2,15,16,17,18);1-6H,12H2. The van der Waals surface area contributed by atoms with E-state index in [1.165, 1.54) is 4.68 Å². The molecule has 13 rings (SSSR count). The number of anilines is 7. The molecule has 0 atom stereocenters. The van der Waals surface area contributed by atoms with Crippen LogP contribution in [0.4, 0.5) is 40.2 Å². The second-order valence-electron chi connectivity index (χ2n) is 19.9. The molecule has 21 nitrogen and oxygen atoms in total. The number of aromatic amines is 1. The SMILES string of the molecule is CCOC(=O)c1nnn(Cc2ccc(OC)cc2)c1Nc1ccc(Cl)c2ccccc12.COc1ccc(Cn2nnc(C(=O)O)c2Nc2ccc(Cl)c3ccccc23)cc1.Nc1ccc(Cl)c2ccccc12.O=C(O)c1n[nH]nc1Nc1ccc(Cl)c2ccccc12. The number of nitrogen functional groups attached to an aromatic ring is 1. The summed E-state index contributed by atoms with van der Waals surface area (Å²) in [6.45, 7) is 2.75. The van der Waals surface area contributed by atoms with Gasteiger partial charge in [0.05, 0.1) is 33.9 Å². The number of hydrogen-bond acceptors (Lipinski definition) is 16. The van der Waals surface area contributed by atoms with Crippen molar-refractivity contribution >= 4 is 148 Å². The molecule has 3 heterocycles. The third kappa shape index (κ3) is 14.8. The minimum Gasteiger partial charge on any atom is -0.497 e. The Morgan fingerprint density at radius 3 is 1.24 bits per heavy atom. The van der Waals surface area contributed by atoms with Crippen molar-refractivity contribution in [3.63, 3.8) is 0 Å². The second-order valence-corrected chi connectivity index (χ2v) is 21.5. The van der Waals surface area contributed by atoms with Gasteiger partial charge in [0.15, 0.2) is 17.5 Å². The number of methoxy groups -OCH3 is 2. The molecule has 8 N–H and O–H groups in total. The smallest absolute Gasteiger partial charge is 0.362 e. The number of carboxylic acid groups (broad SMARTS) is 2. The summed E-state index contributed by atoms with van der Waals surface area (Å²) in [5.41, 5.74) is 10.5. The van der Waals surface area contributed by atoms with Gasteiger partial charge in [-0.05, 0) is 90.8 Å². The molecule has 0 aliphatic carbocycles. The Kier molecular flexibility index (Phi) is 20.6. The van der Waals surface area contributed by atoms with Crippen molar-refractivity contribution < 1.29 is 38.8 Å². The van der Waals surface area contributed by atoms with Crippen molar-refractivity contribution in [3.05, 3.63) is 242 Å². The van der Waals surface area contributed by atoms with Gasteiger partial charge < -0.3 is 46.1 Å². The van der Waals surface area contributed by atoms with Crippen LogP contribution < -0.4 is 31.2 Å². The minimum atomic E-state index is -1.16. The summed E-state index contributed by atoms with van der Waals surface area (Å²) in [6, 6.07) is 60.3. The van der Waals surface area contributed by atoms with Gasteiger partial charge in [-0.1, -0.05) is 178 Å². The van der Waals surface area contributed by atoms with E-state index in [9.17, 15) is 19.5 Å². The Balaban J connectivity index is 0.000000141. The Hall–Kier alpha value is -11.0. The number of H-pyrrole nitrogens is 1. The van der Waals surface area contributed by atoms with E-state index >= 15 is 0 Å². The molecule has 0 bridgehead atoms. The predicted octanol–water partition coefficient (Wildman–Crippen LogP) is 15.8. The molecular weight excluding hydrogens is 1260 g/mol. The molecular formula is C67H55Cl4N13O8. The zero-order valence-electron chi connectivity index (χ0n) is 49.1. The van der Waals surface area contributed by atoms with E-state index in [1.54, 1.807) is 50.1 Å². The van der Waals surface area contributed by atoms with E-state index in [4.69, 9.17) is 71.5 Å². The van der Waals surface area contributed by atoms with Gasteiger partial charge in [-0.25, -0.2) is 23.7 Å². The fraction of sp³-hybridized carbons (Fsp3) is 0.0896. The molecule has 0 spiro atoms. The van der Waals surface area contributed by atoms with Crippen molar-refractivity contribution in [2.45, 2.75) is 20.0 Å². The van der Waals surface area contributed by atoms with E-state index < -0.39 is 17.9 Å². The zero-order chi connectivity index (χ0) is 64.8. The first-order chi connectivity index (χ1) is 44.6. The predicted molar refractivity (Wildman–Crippen MR) is 361 cm³/mol. The number of aromatic nitrogens is 9. The molecule has 0 aliphatic rings. The van der Waals surface area contributed by atoms with Crippen LogP contribution >= 0.6 is 46.4 Å². The number of esters is 1. The molecule has 0 radical (unpaired) electrons. The summed E-state index contributed by atoms with van der Waals surface area (Å²) >= 11 is 24.8. The largest absolute Gasteiger partial charge is 0.497 e. The first kappa shape index (κ1) is 64.0. The number of nitrogens with zero attached hydrogens (tertiary/aromatic N) is 8. The lowest BCUT2D eigenvalue weighted by atomic mass is 10.1. The number of benzene rings is 10. The van der Waals surface area contributed by atoms with Gasteiger partial charge in [-0.3, -0.25) is 0 Å². The zero-order valence-corrected chi connectivity index (χ0v) is 52.1. The third-order valence-corrected chi connectivity index (χ3v) is 15.5. The first-order valence-electron chi connectivity index (χ1n) is 28.1. The molecule has 92 heavy (non-hydrogen) atoms. The first-order valence-corrected chi connectivity index (χ1v) is 29.6. The number of carboxylic acids is 2. The van der Waals surface area contributed by atoms with Crippen LogP contribution in [0.1, 0.15) is 49.5 Å². The highest BCUT2D eigenvalue weighted by Gasteiger charge is 2.24. The molecule has 0 saturated carbocycles. The monoisotopic (exact) mass is 1310 g/mol. The van der Waals surface area contributed by atoms with E-state index in [0.717, 1.165) is 82.1 Å². The van der Waals surface area contributed by atoms with E-state index in [2.05, 4.69) is 52.0 Å². The van der Waals surface area contributed by atoms with Gasteiger partial charge >= 0.3 is 17.9 Å². The normalized spacial score (nSPS) is 10.7. The lowest BCUT2D eigenvalue weighted by Gasteiger charge is -2.13. The summed E-state index contributed by atoms with van der Waals surface area (Å²) in [5, 5.41) is 63.9. The van der Waals surface area contributed by atoms with Crippen molar-refractivity contribution in [3.8, 4) is 11.5 Å². The second kappa shape index (κ2) is 29.6. The highest BCUT2D eigenvalue weighted by molar-refractivity contribution is 6.37. The summed E-state index contributed by atoms with van der Waals surface area (Å²) < 4.78 is 18.7. The van der Waals surface area contributed by atoms with Crippen LogP contribution in [-0.2, 0) is 17.8 Å². The van der Waals surface area contributed by atoms with E-state index in [-0.39, 0.29) is 29.5 Å². The maximum absolute atomic E-state index is 12.5. The molecule has 25 heteroatoms. The number of rotatable bonds is 16. The van der Waals surface area contributed by atoms with Crippen molar-refractivity contribution in [2.75, 3.05) is 42.5 Å². The van der Waals surface area contributed by atoms with Crippen LogP contribution in [0.3, 0.4) is 0 Å². The van der Waals surface area contributed by atoms with E-state index in [1.807, 2.05) is 170 Å². The highest BCUT2D eigenvalue weighted by atomic mass is 35.5. The van der Waals surface area contributed by atoms with Gasteiger partial charge in [-0.15, -0.1) is 20.4 Å². The number of hydrogen-bond donors (Lipinski definition) is 7. The summed E-state index contributed by atoms with van der Waals surface area (Å²) in [7, 11) is 3.22. The van der Waals surface area contributed by atoms with Gasteiger partial charge in [0.2, 0.25) is 17.1 Å². The molecule has 0 amide bonds. The minimum absolute atomic E-state index is 0.120. The molecule has 10 aromatic carbocycles. The maximum atomic E-state index is 12.5. The quantitative estimate of drug-likeness (QED) is 0.0349. The number of carbonyl (C=O) groups is 3. The van der Waals surface area contributed by atoms with Crippen LogP contribution in [-0.4, -0.2) is 94.3 Å². The lowest BCUT2D eigenvalue weighted by Crippen LogP contribution is -2.11. The number of aromatic carboxylic acids is 2. The molecule has 13 aromatic rings. The van der Waals surface area contributed by atoms with Crippen molar-refractivity contribution in [1.82, 2.24) is 45.4 Å². The van der Waals surface area contributed by atoms with E-state index in [0.29, 0.717) is 51.2 Å².